The van der Waals surface area contributed by atoms with E-state index in [0.29, 0.717) is 69.8 Å². The number of amides is 2. The van der Waals surface area contributed by atoms with Gasteiger partial charge in [-0.05, 0) is 174 Å². The number of carboxylic acids is 1. The van der Waals surface area contributed by atoms with Gasteiger partial charge < -0.3 is 39.8 Å². The smallest absolute Gasteiger partial charge is 0.331 e. The van der Waals surface area contributed by atoms with Crippen molar-refractivity contribution in [3.63, 3.8) is 0 Å². The van der Waals surface area contributed by atoms with E-state index in [1.54, 1.807) is 31.4 Å². The Balaban J connectivity index is 0.000000370. The van der Waals surface area contributed by atoms with Crippen molar-refractivity contribution < 1.29 is 46.0 Å². The molecule has 7 rings (SSSR count). The van der Waals surface area contributed by atoms with E-state index in [1.165, 1.54) is 92.8 Å². The molecule has 85 heavy (non-hydrogen) atoms. The van der Waals surface area contributed by atoms with Crippen LogP contribution in [-0.4, -0.2) is 115 Å². The van der Waals surface area contributed by atoms with E-state index in [1.807, 2.05) is 37.3 Å². The Hall–Kier alpha value is -5.49. The van der Waals surface area contributed by atoms with Gasteiger partial charge in [0.25, 0.3) is 5.91 Å². The van der Waals surface area contributed by atoms with Crippen LogP contribution in [0.5, 0.6) is 11.5 Å². The molecular weight excluding hydrogens is 1210 g/mol. The molecule has 0 spiro atoms. The van der Waals surface area contributed by atoms with E-state index in [-0.39, 0.29) is 31.3 Å². The number of hydrogen-bond donors (Lipinski definition) is 2. The lowest BCUT2D eigenvalue weighted by atomic mass is 9.84. The summed E-state index contributed by atoms with van der Waals surface area (Å²) in [7, 11) is 3.89. The van der Waals surface area contributed by atoms with Crippen LogP contribution in [-0.2, 0) is 28.7 Å². The Morgan fingerprint density at radius 3 is 2.18 bits per heavy atom. The number of aldehydes is 1. The zero-order valence-corrected chi connectivity index (χ0v) is 56.0. The molecule has 13 nitrogen and oxygen atoms in total. The molecule has 1 fully saturated rings. The van der Waals surface area contributed by atoms with E-state index in [4.69, 9.17) is 31.5 Å². The second-order valence-corrected chi connectivity index (χ2v) is 24.2. The minimum atomic E-state index is -1.22. The first-order valence-electron chi connectivity index (χ1n) is 30.7. The number of aliphatic carboxylic acids is 1. The Kier molecular flexibility index (Phi) is 34.8. The molecule has 16 heteroatoms. The first kappa shape index (κ1) is 73.8. The maximum absolute atomic E-state index is 13.7. The average Bonchev–Trinajstić information content (AvgIpc) is 2.31. The number of nitrogens with two attached hydrogens (primary N) is 1. The van der Waals surface area contributed by atoms with Gasteiger partial charge in [0.15, 0.2) is 6.29 Å². The summed E-state index contributed by atoms with van der Waals surface area (Å²) >= 11 is 5.71. The molecule has 2 amide bonds. The van der Waals surface area contributed by atoms with Crippen LogP contribution < -0.4 is 15.2 Å². The summed E-state index contributed by atoms with van der Waals surface area (Å²) in [6.07, 6.45) is 16.4. The fourth-order valence-electron chi connectivity index (χ4n) is 10.6. The van der Waals surface area contributed by atoms with Crippen molar-refractivity contribution in [2.24, 2.45) is 17.6 Å². The number of carbonyl (C=O) groups is 4. The van der Waals surface area contributed by atoms with Gasteiger partial charge in [0.2, 0.25) is 5.91 Å². The molecule has 0 bridgehead atoms. The quantitative estimate of drug-likeness (QED) is 0.0174. The predicted molar refractivity (Wildman–Crippen MR) is 355 cm³/mol. The van der Waals surface area contributed by atoms with Crippen molar-refractivity contribution in [1.29, 1.82) is 0 Å². The first-order chi connectivity index (χ1) is 40.8. The standard InChI is InChI=1S/C37H41ClFNO3.C14H15IN2O5.C7H17N.C7H16.C4H10O/c1-5-29(37(41)42)32(9-7-21-43-34-10-6-8-27-22-28(39)13-14-31(27)34)30-15-16-33(38)36(24(30)3)35-23(2)17-19-40(25(35)4)20-18-26-11-12-26;16-13(19)11(4-5-15-21)17-8-10-9(14(17)20)2-1-3-12(10)22-7-6-18;1-4-6-8(3)7-5-2;1-4-6-7(3)5-2;1-3-4-5-2/h6,8,10,13-17,22,26H,5,7,9,11-12,18-21H2,1-4H3,(H,41,42);1-3,6,11H,4-5,7-8H2,(H2,16,19);4-7H2,1-3H3;7H,4-6H2,1-3H3;3-4H2,1-2H3/b32-29+;;;;. The number of benzene rings is 4. The first-order valence-corrected chi connectivity index (χ1v) is 33.5. The Labute approximate surface area is 523 Å². The van der Waals surface area contributed by atoms with Gasteiger partial charge in [0.1, 0.15) is 51.2 Å². The highest BCUT2D eigenvalue weighted by Gasteiger charge is 2.37. The third kappa shape index (κ3) is 23.6. The highest BCUT2D eigenvalue weighted by atomic mass is 127. The zero-order chi connectivity index (χ0) is 63.0. The summed E-state index contributed by atoms with van der Waals surface area (Å²) in [6, 6.07) is 18.3. The van der Waals surface area contributed by atoms with E-state index >= 15 is 0 Å². The summed E-state index contributed by atoms with van der Waals surface area (Å²) in [5.74, 6) is 0.837. The molecule has 2 unspecified atom stereocenters. The fourth-order valence-corrected chi connectivity index (χ4v) is 11.7. The van der Waals surface area contributed by atoms with Crippen molar-refractivity contribution >= 4 is 78.8 Å². The van der Waals surface area contributed by atoms with Crippen molar-refractivity contribution in [3.05, 3.63) is 128 Å². The van der Waals surface area contributed by atoms with E-state index < -0.39 is 39.1 Å². The zero-order valence-electron chi connectivity index (χ0n) is 53.1. The molecule has 1 aliphatic carbocycles. The number of carbonyl (C=O) groups excluding carboxylic acids is 3. The molecule has 2 heterocycles. The van der Waals surface area contributed by atoms with Crippen molar-refractivity contribution in [1.82, 2.24) is 14.7 Å². The van der Waals surface area contributed by atoms with Crippen LogP contribution in [0.4, 0.5) is 4.39 Å². The molecule has 470 valence electrons. The van der Waals surface area contributed by atoms with Crippen LogP contribution >= 0.6 is 32.8 Å². The van der Waals surface area contributed by atoms with Gasteiger partial charge in [0, 0.05) is 75.2 Å². The molecule has 2 aliphatic heterocycles. The van der Waals surface area contributed by atoms with Gasteiger partial charge in [-0.1, -0.05) is 123 Å². The summed E-state index contributed by atoms with van der Waals surface area (Å²) in [5, 5.41) is 12.5. The number of allylic oxidation sites excluding steroid dienone is 4. The number of halogens is 3. The van der Waals surface area contributed by atoms with E-state index in [0.717, 1.165) is 76.6 Å². The molecule has 0 radical (unpaired) electrons. The van der Waals surface area contributed by atoms with Gasteiger partial charge in [-0.3, -0.25) is 17.5 Å². The predicted octanol–water partition coefficient (Wildman–Crippen LogP) is 16.2. The van der Waals surface area contributed by atoms with Crippen molar-refractivity contribution in [2.45, 2.75) is 165 Å². The fraction of sp³-hybridized carbons (Fsp3) is 0.536. The maximum Gasteiger partial charge on any atom is 0.331 e. The highest BCUT2D eigenvalue weighted by Crippen LogP contribution is 2.42. The molecular formula is C69H99ClFIN4O9. The summed E-state index contributed by atoms with van der Waals surface area (Å²) < 4.78 is 41.0. The van der Waals surface area contributed by atoms with Gasteiger partial charge in [-0.15, -0.1) is 0 Å². The number of ether oxygens (including phenoxy) is 3. The Morgan fingerprint density at radius 2 is 1.61 bits per heavy atom. The average molecular weight is 1310 g/mol. The number of primary amides is 1. The van der Waals surface area contributed by atoms with Crippen molar-refractivity contribution in [2.75, 3.05) is 64.6 Å². The minimum Gasteiger partial charge on any atom is -0.493 e. The van der Waals surface area contributed by atoms with Gasteiger partial charge in [0.05, 0.1) is 13.2 Å². The molecule has 3 N–H and O–H groups in total. The van der Waals surface area contributed by atoms with Gasteiger partial charge in [-0.25, -0.2) is 9.18 Å². The normalized spacial score (nSPS) is 14.5. The lowest BCUT2D eigenvalue weighted by molar-refractivity contribution is -0.132. The van der Waals surface area contributed by atoms with E-state index in [2.05, 4.69) is 85.2 Å². The van der Waals surface area contributed by atoms with Crippen LogP contribution in [0.2, 0.25) is 5.02 Å². The van der Waals surface area contributed by atoms with Crippen LogP contribution in [0, 0.1) is 24.6 Å². The summed E-state index contributed by atoms with van der Waals surface area (Å²) in [4.78, 5) is 53.1. The maximum atomic E-state index is 13.7. The lowest BCUT2D eigenvalue weighted by Gasteiger charge is -2.32. The third-order valence-corrected chi connectivity index (χ3v) is 16.8. The number of carboxylic acid groups (broad SMARTS) is 1. The number of alkyl halides is 1. The van der Waals surface area contributed by atoms with Crippen LogP contribution in [0.1, 0.15) is 178 Å². The number of fused-ring (bicyclic) bond motifs is 2. The SMILES string of the molecule is CC/C(C(=O)O)=C(/CCCOc1cccc2cc(F)ccc12)c1ccc(Cl)c(C2=C(C)N(CCC3CC3)CC=C2C)c1C.CCCC(C)CC.CCCN(C)CCC.CCCOC.NC(=O)C(CCI=O)N1Cc2c(OCC=O)cccc2C1=O. The summed E-state index contributed by atoms with van der Waals surface area (Å²) in [6.45, 7) is 27.4. The second kappa shape index (κ2) is 40.1. The van der Waals surface area contributed by atoms with Gasteiger partial charge >= 0.3 is 5.97 Å². The molecule has 2 atom stereocenters. The molecule has 0 aromatic heterocycles. The molecule has 3 aliphatic rings. The number of hydrogen-bond acceptors (Lipinski definition) is 10. The van der Waals surface area contributed by atoms with Crippen LogP contribution in [0.3, 0.4) is 0 Å². The lowest BCUT2D eigenvalue weighted by Crippen LogP contribution is -2.45. The van der Waals surface area contributed by atoms with Gasteiger partial charge in [-0.2, -0.15) is 0 Å². The topological polar surface area (TPSA) is 169 Å². The number of nitrogens with zero attached hydrogens (tertiary/aromatic N) is 3. The van der Waals surface area contributed by atoms with Crippen LogP contribution in [0.25, 0.3) is 21.9 Å². The molecule has 0 saturated heterocycles. The number of rotatable bonds is 29. The van der Waals surface area contributed by atoms with Crippen LogP contribution in [0.15, 0.2) is 89.6 Å². The third-order valence-electron chi connectivity index (χ3n) is 15.5. The summed E-state index contributed by atoms with van der Waals surface area (Å²) in [5.41, 5.74) is 14.1. The molecule has 4 aromatic rings. The highest BCUT2D eigenvalue weighted by molar-refractivity contribution is 14.1. The molecule has 4 aromatic carbocycles. The Bertz CT molecular complexity index is 2860. The number of methoxy groups -OCH3 is 1. The van der Waals surface area contributed by atoms with Crippen molar-refractivity contribution in [3.8, 4) is 11.5 Å². The minimum absolute atomic E-state index is 0.107. The monoisotopic (exact) mass is 1310 g/mol. The molecule has 1 saturated carbocycles. The Morgan fingerprint density at radius 1 is 0.918 bits per heavy atom. The van der Waals surface area contributed by atoms with E-state index in [9.17, 15) is 31.7 Å². The second-order valence-electron chi connectivity index (χ2n) is 22.1. The largest absolute Gasteiger partial charge is 0.493 e.